The van der Waals surface area contributed by atoms with Crippen LogP contribution in [0.4, 0.5) is 4.79 Å². The summed E-state index contributed by atoms with van der Waals surface area (Å²) in [5.74, 6) is -3.61. The lowest BCUT2D eigenvalue weighted by molar-refractivity contribution is -0.147. The summed E-state index contributed by atoms with van der Waals surface area (Å²) in [6.07, 6.45) is -3.46. The molecule has 9 nitrogen and oxygen atoms in total. The van der Waals surface area contributed by atoms with Gasteiger partial charge in [-0.25, -0.2) is 9.59 Å². The quantitative estimate of drug-likeness (QED) is 0.274. The maximum atomic E-state index is 12.8. The van der Waals surface area contributed by atoms with Crippen molar-refractivity contribution in [3.8, 4) is 11.1 Å². The molecule has 0 aliphatic carbocycles. The number of aliphatic hydroxyl groups excluding tert-OH is 2. The number of carboxylic acids is 1. The molecule has 0 bridgehead atoms. The number of rotatable bonds is 10. The Morgan fingerprint density at radius 2 is 1.56 bits per heavy atom. The van der Waals surface area contributed by atoms with E-state index >= 15 is 0 Å². The van der Waals surface area contributed by atoms with Gasteiger partial charge in [-0.2, -0.15) is 0 Å². The van der Waals surface area contributed by atoms with Crippen molar-refractivity contribution < 1.29 is 29.7 Å². The van der Waals surface area contributed by atoms with E-state index in [2.05, 4.69) is 5.32 Å². The number of fused-ring (bicyclic) bond motifs is 1. The van der Waals surface area contributed by atoms with Crippen molar-refractivity contribution >= 4 is 28.7 Å². The van der Waals surface area contributed by atoms with Gasteiger partial charge in [-0.1, -0.05) is 80.6 Å². The Hall–Kier alpha value is -3.95. The molecule has 0 fully saturated rings. The second-order valence-corrected chi connectivity index (χ2v) is 9.08. The summed E-state index contributed by atoms with van der Waals surface area (Å²) in [5, 5.41) is 33.9. The van der Waals surface area contributed by atoms with Crippen molar-refractivity contribution in [3.63, 3.8) is 0 Å². The highest BCUT2D eigenvalue weighted by molar-refractivity contribution is 5.96. The molecule has 9 heteroatoms. The Morgan fingerprint density at radius 3 is 2.17 bits per heavy atom. The van der Waals surface area contributed by atoms with Gasteiger partial charge in [0.1, 0.15) is 12.1 Å². The predicted molar refractivity (Wildman–Crippen MR) is 136 cm³/mol. The lowest BCUT2D eigenvalue weighted by atomic mass is 9.92. The summed E-state index contributed by atoms with van der Waals surface area (Å²) in [6, 6.07) is 20.1. The van der Waals surface area contributed by atoms with E-state index in [9.17, 15) is 24.6 Å². The molecule has 3 aromatic carbocycles. The topological polar surface area (TPSA) is 153 Å². The molecular weight excluding hydrogens is 462 g/mol. The van der Waals surface area contributed by atoms with Crippen LogP contribution in [0, 0.1) is 5.92 Å². The van der Waals surface area contributed by atoms with Crippen molar-refractivity contribution in [1.29, 1.82) is 0 Å². The van der Waals surface area contributed by atoms with Crippen molar-refractivity contribution in [2.75, 3.05) is 13.1 Å². The van der Waals surface area contributed by atoms with Gasteiger partial charge in [0.05, 0.1) is 6.54 Å². The first-order valence-corrected chi connectivity index (χ1v) is 11.6. The van der Waals surface area contributed by atoms with E-state index in [0.29, 0.717) is 5.56 Å². The maximum absolute atomic E-state index is 12.8. The third kappa shape index (κ3) is 6.38. The molecule has 3 aromatic rings. The van der Waals surface area contributed by atoms with Gasteiger partial charge in [0.2, 0.25) is 5.91 Å². The van der Waals surface area contributed by atoms with E-state index in [-0.39, 0.29) is 12.5 Å². The number of nitrogens with two attached hydrogens (primary N) is 1. The number of carboxylic acid groups (broad SMARTS) is 1. The van der Waals surface area contributed by atoms with Crippen molar-refractivity contribution in [3.05, 3.63) is 72.3 Å². The summed E-state index contributed by atoms with van der Waals surface area (Å²) in [5.41, 5.74) is 7.88. The number of carbonyl (C=O) groups is 3. The van der Waals surface area contributed by atoms with E-state index in [1.54, 1.807) is 12.1 Å². The van der Waals surface area contributed by atoms with Crippen LogP contribution in [-0.4, -0.2) is 63.5 Å². The minimum Gasteiger partial charge on any atom is -0.479 e. The number of nitrogens with zero attached hydrogens (tertiary/aromatic N) is 1. The average Bonchev–Trinajstić information content (AvgIpc) is 2.83. The van der Waals surface area contributed by atoms with Gasteiger partial charge in [0.15, 0.2) is 6.10 Å². The molecule has 3 rings (SSSR count). The van der Waals surface area contributed by atoms with Crippen LogP contribution in [0.15, 0.2) is 66.7 Å². The second kappa shape index (κ2) is 11.7. The molecule has 0 heterocycles. The van der Waals surface area contributed by atoms with Crippen LogP contribution >= 0.6 is 0 Å². The fraction of sp³-hybridized carbons (Fsp3) is 0.296. The van der Waals surface area contributed by atoms with Crippen LogP contribution in [0.2, 0.25) is 0 Å². The third-order valence-corrected chi connectivity index (χ3v) is 5.82. The number of hydrogen-bond acceptors (Lipinski definition) is 5. The summed E-state index contributed by atoms with van der Waals surface area (Å²) in [6.45, 7) is 3.28. The highest BCUT2D eigenvalue weighted by Gasteiger charge is 2.31. The first-order valence-electron chi connectivity index (χ1n) is 11.6. The number of hydrogen-bond donors (Lipinski definition) is 5. The lowest BCUT2D eigenvalue weighted by Gasteiger charge is -2.29. The Balaban J connectivity index is 1.81. The summed E-state index contributed by atoms with van der Waals surface area (Å²) in [4.78, 5) is 37.1. The molecule has 0 saturated heterocycles. The number of carbonyl (C=O) groups excluding carboxylic acids is 2. The van der Waals surface area contributed by atoms with Crippen molar-refractivity contribution in [2.24, 2.45) is 11.7 Å². The van der Waals surface area contributed by atoms with E-state index in [1.165, 1.54) is 0 Å². The molecule has 3 amide bonds. The SMILES string of the molecule is CC(C)CN(CC(O)C(=O)O)C(=O)NC(O)C(C(N)=O)c1ccc(-c2cccc3ccccc23)cc1. The van der Waals surface area contributed by atoms with E-state index in [1.807, 2.05) is 68.4 Å². The van der Waals surface area contributed by atoms with Gasteiger partial charge >= 0.3 is 12.0 Å². The molecule has 3 atom stereocenters. The molecule has 190 valence electrons. The van der Waals surface area contributed by atoms with Crippen LogP contribution in [0.3, 0.4) is 0 Å². The minimum atomic E-state index is -1.79. The third-order valence-electron chi connectivity index (χ3n) is 5.82. The monoisotopic (exact) mass is 493 g/mol. The fourth-order valence-corrected chi connectivity index (χ4v) is 4.12. The number of benzene rings is 3. The fourth-order valence-electron chi connectivity index (χ4n) is 4.12. The molecular formula is C27H31N3O6. The standard InChI is InChI=1S/C27H31N3O6/c1-16(2)14-30(15-22(31)26(34)35)27(36)29-25(33)23(24(28)32)19-12-10-18(11-13-19)21-9-5-7-17-6-3-4-8-20(17)21/h3-13,16,22-23,25,31,33H,14-15H2,1-2H3,(H2,28,32)(H,29,36)(H,34,35). The van der Waals surface area contributed by atoms with Crippen LogP contribution in [-0.2, 0) is 9.59 Å². The number of amides is 3. The molecule has 3 unspecified atom stereocenters. The highest BCUT2D eigenvalue weighted by atomic mass is 16.4. The van der Waals surface area contributed by atoms with Gasteiger partial charge in [0, 0.05) is 6.54 Å². The maximum Gasteiger partial charge on any atom is 0.334 e. The first-order chi connectivity index (χ1) is 17.1. The van der Waals surface area contributed by atoms with Gasteiger partial charge in [-0.05, 0) is 33.4 Å². The Labute approximate surface area is 209 Å². The van der Waals surface area contributed by atoms with Crippen molar-refractivity contribution in [2.45, 2.75) is 32.1 Å². The number of nitrogens with one attached hydrogen (secondary N) is 1. The van der Waals surface area contributed by atoms with E-state index in [4.69, 9.17) is 10.8 Å². The molecule has 0 radical (unpaired) electrons. The smallest absolute Gasteiger partial charge is 0.334 e. The van der Waals surface area contributed by atoms with E-state index < -0.39 is 42.7 Å². The first kappa shape index (κ1) is 26.7. The van der Waals surface area contributed by atoms with Crippen LogP contribution in [0.25, 0.3) is 21.9 Å². The molecule has 36 heavy (non-hydrogen) atoms. The van der Waals surface area contributed by atoms with E-state index in [0.717, 1.165) is 26.8 Å². The molecule has 6 N–H and O–H groups in total. The Kier molecular flexibility index (Phi) is 8.63. The number of aliphatic hydroxyl groups is 2. The average molecular weight is 494 g/mol. The van der Waals surface area contributed by atoms with Gasteiger partial charge in [-0.3, -0.25) is 4.79 Å². The molecule has 0 spiro atoms. The summed E-state index contributed by atoms with van der Waals surface area (Å²) < 4.78 is 0. The zero-order valence-electron chi connectivity index (χ0n) is 20.2. The number of primary amides is 1. The largest absolute Gasteiger partial charge is 0.479 e. The number of aliphatic carboxylic acids is 1. The molecule has 0 aliphatic rings. The lowest BCUT2D eigenvalue weighted by Crippen LogP contribution is -2.52. The van der Waals surface area contributed by atoms with Crippen LogP contribution < -0.4 is 11.1 Å². The number of urea groups is 1. The zero-order chi connectivity index (χ0) is 26.4. The summed E-state index contributed by atoms with van der Waals surface area (Å²) in [7, 11) is 0. The van der Waals surface area contributed by atoms with Gasteiger partial charge < -0.3 is 31.3 Å². The van der Waals surface area contributed by atoms with Crippen LogP contribution in [0.1, 0.15) is 25.3 Å². The molecule has 0 aromatic heterocycles. The molecule has 0 saturated carbocycles. The zero-order valence-corrected chi connectivity index (χ0v) is 20.2. The Bertz CT molecular complexity index is 1220. The van der Waals surface area contributed by atoms with Crippen molar-refractivity contribution in [1.82, 2.24) is 10.2 Å². The highest BCUT2D eigenvalue weighted by Crippen LogP contribution is 2.30. The van der Waals surface area contributed by atoms with Gasteiger partial charge in [-0.15, -0.1) is 0 Å². The minimum absolute atomic E-state index is 0.0394. The Morgan fingerprint density at radius 1 is 0.917 bits per heavy atom. The summed E-state index contributed by atoms with van der Waals surface area (Å²) >= 11 is 0. The predicted octanol–water partition coefficient (Wildman–Crippen LogP) is 2.51. The van der Waals surface area contributed by atoms with Crippen LogP contribution in [0.5, 0.6) is 0 Å². The van der Waals surface area contributed by atoms with Gasteiger partial charge in [0.25, 0.3) is 0 Å². The molecule has 0 aliphatic heterocycles. The second-order valence-electron chi connectivity index (χ2n) is 9.08. The normalized spacial score (nSPS) is 13.7.